The maximum absolute atomic E-state index is 5.55. The van der Waals surface area contributed by atoms with Crippen LogP contribution >= 0.6 is 0 Å². The van der Waals surface area contributed by atoms with Gasteiger partial charge >= 0.3 is 0 Å². The number of hydrogen-bond donors (Lipinski definition) is 1. The van der Waals surface area contributed by atoms with Crippen LogP contribution in [0, 0.1) is 0 Å². The second kappa shape index (κ2) is 5.12. The third kappa shape index (κ3) is 2.48. The molecule has 0 aliphatic carbocycles. The highest BCUT2D eigenvalue weighted by Gasteiger charge is 2.15. The minimum atomic E-state index is 0.758. The van der Waals surface area contributed by atoms with Gasteiger partial charge in [-0.05, 0) is 43.9 Å². The molecule has 0 radical (unpaired) electrons. The Balaban J connectivity index is 2.13. The summed E-state index contributed by atoms with van der Waals surface area (Å²) in [6.07, 6.45) is 6.59. The zero-order valence-corrected chi connectivity index (χ0v) is 9.15. The van der Waals surface area contributed by atoms with Crippen molar-refractivity contribution < 1.29 is 0 Å². The predicted molar refractivity (Wildman–Crippen MR) is 63.1 cm³/mol. The molecule has 1 saturated heterocycles. The monoisotopic (exact) mass is 205 g/mol. The summed E-state index contributed by atoms with van der Waals surface area (Å²) in [4.78, 5) is 6.89. The molecule has 1 aromatic rings. The van der Waals surface area contributed by atoms with Crippen LogP contribution < -0.4 is 10.6 Å². The van der Waals surface area contributed by atoms with Crippen LogP contribution in [0.5, 0.6) is 0 Å². The molecule has 0 bridgehead atoms. The Kier molecular flexibility index (Phi) is 3.56. The van der Waals surface area contributed by atoms with Crippen molar-refractivity contribution in [2.45, 2.75) is 25.7 Å². The fourth-order valence-electron chi connectivity index (χ4n) is 2.13. The van der Waals surface area contributed by atoms with Crippen molar-refractivity contribution in [2.75, 3.05) is 24.5 Å². The number of nitrogens with zero attached hydrogens (tertiary/aromatic N) is 2. The van der Waals surface area contributed by atoms with Gasteiger partial charge in [0.15, 0.2) is 0 Å². The molecule has 15 heavy (non-hydrogen) atoms. The van der Waals surface area contributed by atoms with E-state index < -0.39 is 0 Å². The van der Waals surface area contributed by atoms with Crippen LogP contribution in [0.25, 0.3) is 0 Å². The summed E-state index contributed by atoms with van der Waals surface area (Å²) in [6.45, 7) is 3.08. The number of pyridine rings is 1. The van der Waals surface area contributed by atoms with E-state index in [1.807, 2.05) is 12.3 Å². The largest absolute Gasteiger partial charge is 0.356 e. The van der Waals surface area contributed by atoms with Gasteiger partial charge in [-0.25, -0.2) is 4.98 Å². The Morgan fingerprint density at radius 3 is 2.87 bits per heavy atom. The fourth-order valence-corrected chi connectivity index (χ4v) is 2.13. The van der Waals surface area contributed by atoms with Gasteiger partial charge in [0.25, 0.3) is 0 Å². The SMILES string of the molecule is NCCCc1cccnc1N1CCCC1. The Labute approximate surface area is 91.3 Å². The molecule has 3 heteroatoms. The topological polar surface area (TPSA) is 42.1 Å². The van der Waals surface area contributed by atoms with Crippen LogP contribution in [-0.4, -0.2) is 24.6 Å². The molecule has 2 heterocycles. The average molecular weight is 205 g/mol. The van der Waals surface area contributed by atoms with Crippen LogP contribution in [0.3, 0.4) is 0 Å². The Hall–Kier alpha value is -1.09. The molecule has 0 unspecified atom stereocenters. The first-order chi connectivity index (χ1) is 7.42. The summed E-state index contributed by atoms with van der Waals surface area (Å²) in [5, 5.41) is 0. The van der Waals surface area contributed by atoms with E-state index in [-0.39, 0.29) is 0 Å². The van der Waals surface area contributed by atoms with E-state index in [0.29, 0.717) is 0 Å². The number of nitrogens with two attached hydrogens (primary N) is 1. The molecule has 0 aromatic carbocycles. The van der Waals surface area contributed by atoms with Crippen molar-refractivity contribution in [3.05, 3.63) is 23.9 Å². The molecule has 3 nitrogen and oxygen atoms in total. The maximum atomic E-state index is 5.55. The molecule has 1 fully saturated rings. The first-order valence-electron chi connectivity index (χ1n) is 5.81. The molecule has 1 aliphatic rings. The number of hydrogen-bond acceptors (Lipinski definition) is 3. The summed E-state index contributed by atoms with van der Waals surface area (Å²) in [6, 6.07) is 4.20. The van der Waals surface area contributed by atoms with E-state index in [2.05, 4.69) is 16.0 Å². The lowest BCUT2D eigenvalue weighted by Gasteiger charge is -2.19. The second-order valence-electron chi connectivity index (χ2n) is 4.07. The molecule has 2 rings (SSSR count). The van der Waals surface area contributed by atoms with Gasteiger partial charge in [0.1, 0.15) is 5.82 Å². The van der Waals surface area contributed by atoms with E-state index in [9.17, 15) is 0 Å². The van der Waals surface area contributed by atoms with Gasteiger partial charge in [-0.15, -0.1) is 0 Å². The second-order valence-corrected chi connectivity index (χ2v) is 4.07. The zero-order chi connectivity index (χ0) is 10.5. The molecule has 2 N–H and O–H groups in total. The van der Waals surface area contributed by atoms with E-state index in [4.69, 9.17) is 5.73 Å². The van der Waals surface area contributed by atoms with Gasteiger partial charge in [-0.3, -0.25) is 0 Å². The van der Waals surface area contributed by atoms with E-state index in [0.717, 1.165) is 32.5 Å². The molecule has 1 aromatic heterocycles. The lowest BCUT2D eigenvalue weighted by Crippen LogP contribution is -2.20. The van der Waals surface area contributed by atoms with Crippen LogP contribution in [0.2, 0.25) is 0 Å². The van der Waals surface area contributed by atoms with Crippen LogP contribution in [0.15, 0.2) is 18.3 Å². The third-order valence-corrected chi connectivity index (χ3v) is 2.92. The zero-order valence-electron chi connectivity index (χ0n) is 9.15. The smallest absolute Gasteiger partial charge is 0.131 e. The quantitative estimate of drug-likeness (QED) is 0.811. The third-order valence-electron chi connectivity index (χ3n) is 2.92. The molecular formula is C12H19N3. The van der Waals surface area contributed by atoms with Gasteiger partial charge < -0.3 is 10.6 Å². The van der Waals surface area contributed by atoms with Gasteiger partial charge in [0.05, 0.1) is 0 Å². The minimum Gasteiger partial charge on any atom is -0.356 e. The lowest BCUT2D eigenvalue weighted by molar-refractivity contribution is 0.816. The first kappa shape index (κ1) is 10.4. The van der Waals surface area contributed by atoms with E-state index in [1.165, 1.54) is 24.2 Å². The van der Waals surface area contributed by atoms with Gasteiger partial charge in [0.2, 0.25) is 0 Å². The highest BCUT2D eigenvalue weighted by atomic mass is 15.2. The van der Waals surface area contributed by atoms with Gasteiger partial charge in [-0.1, -0.05) is 6.07 Å². The summed E-state index contributed by atoms with van der Waals surface area (Å²) >= 11 is 0. The van der Waals surface area contributed by atoms with Crippen molar-refractivity contribution in [3.63, 3.8) is 0 Å². The highest BCUT2D eigenvalue weighted by Crippen LogP contribution is 2.22. The number of aryl methyl sites for hydroxylation is 1. The molecule has 0 atom stereocenters. The number of aromatic nitrogens is 1. The molecule has 1 aliphatic heterocycles. The van der Waals surface area contributed by atoms with Crippen LogP contribution in [-0.2, 0) is 6.42 Å². The van der Waals surface area contributed by atoms with E-state index in [1.54, 1.807) is 0 Å². The van der Waals surface area contributed by atoms with Gasteiger partial charge in [-0.2, -0.15) is 0 Å². The molecular weight excluding hydrogens is 186 g/mol. The maximum Gasteiger partial charge on any atom is 0.131 e. The van der Waals surface area contributed by atoms with Crippen molar-refractivity contribution in [1.82, 2.24) is 4.98 Å². The molecule has 0 amide bonds. The highest BCUT2D eigenvalue weighted by molar-refractivity contribution is 5.47. The normalized spacial score (nSPS) is 15.9. The number of rotatable bonds is 4. The van der Waals surface area contributed by atoms with E-state index >= 15 is 0 Å². The predicted octanol–water partition coefficient (Wildman–Crippen LogP) is 1.57. The summed E-state index contributed by atoms with van der Waals surface area (Å²) in [5.74, 6) is 1.18. The Morgan fingerprint density at radius 2 is 2.13 bits per heavy atom. The van der Waals surface area contributed by atoms with Gasteiger partial charge in [0, 0.05) is 19.3 Å². The Bertz CT molecular complexity index is 305. The summed E-state index contributed by atoms with van der Waals surface area (Å²) < 4.78 is 0. The molecule has 82 valence electrons. The summed E-state index contributed by atoms with van der Waals surface area (Å²) in [7, 11) is 0. The summed E-state index contributed by atoms with van der Waals surface area (Å²) in [5.41, 5.74) is 6.90. The fraction of sp³-hybridized carbons (Fsp3) is 0.583. The van der Waals surface area contributed by atoms with Crippen molar-refractivity contribution in [2.24, 2.45) is 5.73 Å². The van der Waals surface area contributed by atoms with Crippen LogP contribution in [0.1, 0.15) is 24.8 Å². The first-order valence-corrected chi connectivity index (χ1v) is 5.81. The van der Waals surface area contributed by atoms with Crippen molar-refractivity contribution in [3.8, 4) is 0 Å². The van der Waals surface area contributed by atoms with Crippen molar-refractivity contribution >= 4 is 5.82 Å². The Morgan fingerprint density at radius 1 is 1.33 bits per heavy atom. The lowest BCUT2D eigenvalue weighted by atomic mass is 10.1. The molecule has 0 saturated carbocycles. The van der Waals surface area contributed by atoms with Crippen molar-refractivity contribution in [1.29, 1.82) is 0 Å². The average Bonchev–Trinajstić information content (AvgIpc) is 2.80. The number of anilines is 1. The van der Waals surface area contributed by atoms with Crippen LogP contribution in [0.4, 0.5) is 5.82 Å². The minimum absolute atomic E-state index is 0.758. The molecule has 0 spiro atoms. The standard InChI is InChI=1S/C12H19N3/c13-7-3-5-11-6-4-8-14-12(11)15-9-1-2-10-15/h4,6,8H,1-3,5,7,9-10,13H2.